The number of nitrogens with one attached hydrogen (secondary N) is 1. The normalized spacial score (nSPS) is 22.3. The van der Waals surface area contributed by atoms with E-state index in [1.165, 1.54) is 12.6 Å². The van der Waals surface area contributed by atoms with Gasteiger partial charge in [0.05, 0.1) is 11.9 Å². The highest BCUT2D eigenvalue weighted by Gasteiger charge is 2.48. The third-order valence-electron chi connectivity index (χ3n) is 5.73. The molecule has 2 fully saturated rings. The van der Waals surface area contributed by atoms with Crippen molar-refractivity contribution >= 4 is 5.91 Å². The number of piperidine rings is 1. The topological polar surface area (TPSA) is 71.0 Å². The number of likely N-dealkylation sites (tertiary alicyclic amines) is 1. The van der Waals surface area contributed by atoms with Crippen LogP contribution in [-0.2, 0) is 6.54 Å². The number of carbonyl (C=O) groups is 1. The number of nitrogens with zero attached hydrogens (tertiary/aromatic N) is 4. The predicted molar refractivity (Wildman–Crippen MR) is 93.7 cm³/mol. The van der Waals surface area contributed by atoms with Gasteiger partial charge in [-0.05, 0) is 56.3 Å². The minimum Gasteiger partial charge on any atom is -0.347 e. The Kier molecular flexibility index (Phi) is 4.44. The summed E-state index contributed by atoms with van der Waals surface area (Å²) >= 11 is 0. The third kappa shape index (κ3) is 3.39. The molecule has 1 saturated carbocycles. The van der Waals surface area contributed by atoms with E-state index in [0.717, 1.165) is 44.6 Å². The Morgan fingerprint density at radius 1 is 1.16 bits per heavy atom. The van der Waals surface area contributed by atoms with Crippen molar-refractivity contribution in [2.24, 2.45) is 5.41 Å². The maximum absolute atomic E-state index is 12.3. The van der Waals surface area contributed by atoms with Gasteiger partial charge in [0.25, 0.3) is 5.91 Å². The summed E-state index contributed by atoms with van der Waals surface area (Å²) in [5.41, 5.74) is 1.79. The molecule has 0 bridgehead atoms. The molecule has 0 radical (unpaired) electrons. The second-order valence-corrected chi connectivity index (χ2v) is 7.11. The zero-order chi connectivity index (χ0) is 17.1. The van der Waals surface area contributed by atoms with E-state index >= 15 is 0 Å². The molecule has 1 spiro atoms. The SMILES string of the molecule is O=C(NC1CCC12CCN(Cc1ccccn1)CC2)c1cnccn1. The molecule has 4 rings (SSSR count). The number of pyridine rings is 1. The first-order valence-corrected chi connectivity index (χ1v) is 8.94. The summed E-state index contributed by atoms with van der Waals surface area (Å²) in [5, 5.41) is 3.19. The van der Waals surface area contributed by atoms with Crippen molar-refractivity contribution in [1.29, 1.82) is 0 Å². The summed E-state index contributed by atoms with van der Waals surface area (Å²) in [5.74, 6) is -0.104. The van der Waals surface area contributed by atoms with Crippen LogP contribution < -0.4 is 5.32 Å². The highest BCUT2D eigenvalue weighted by atomic mass is 16.2. The number of hydrogen-bond acceptors (Lipinski definition) is 5. The van der Waals surface area contributed by atoms with Crippen LogP contribution in [0.3, 0.4) is 0 Å². The number of amides is 1. The molecule has 1 unspecified atom stereocenters. The van der Waals surface area contributed by atoms with Crippen LogP contribution in [0.4, 0.5) is 0 Å². The van der Waals surface area contributed by atoms with E-state index in [0.29, 0.717) is 5.69 Å². The van der Waals surface area contributed by atoms with E-state index < -0.39 is 0 Å². The molecule has 1 atom stereocenters. The molecular weight excluding hydrogens is 314 g/mol. The Morgan fingerprint density at radius 3 is 2.68 bits per heavy atom. The van der Waals surface area contributed by atoms with Gasteiger partial charge in [-0.2, -0.15) is 0 Å². The van der Waals surface area contributed by atoms with Gasteiger partial charge in [-0.25, -0.2) is 4.98 Å². The number of rotatable bonds is 4. The van der Waals surface area contributed by atoms with Crippen molar-refractivity contribution in [3.05, 3.63) is 54.4 Å². The summed E-state index contributed by atoms with van der Waals surface area (Å²) in [6, 6.07) is 6.34. The van der Waals surface area contributed by atoms with Crippen molar-refractivity contribution in [2.45, 2.75) is 38.3 Å². The second kappa shape index (κ2) is 6.88. The van der Waals surface area contributed by atoms with Crippen molar-refractivity contribution in [3.63, 3.8) is 0 Å². The van der Waals surface area contributed by atoms with Gasteiger partial charge in [0.15, 0.2) is 0 Å². The molecule has 2 aromatic heterocycles. The van der Waals surface area contributed by atoms with Gasteiger partial charge in [-0.1, -0.05) is 6.07 Å². The summed E-state index contributed by atoms with van der Waals surface area (Å²) in [6.45, 7) is 3.04. The van der Waals surface area contributed by atoms with Gasteiger partial charge in [-0.15, -0.1) is 0 Å². The smallest absolute Gasteiger partial charge is 0.271 e. The highest BCUT2D eigenvalue weighted by molar-refractivity contribution is 5.92. The highest BCUT2D eigenvalue weighted by Crippen LogP contribution is 2.49. The zero-order valence-electron chi connectivity index (χ0n) is 14.3. The maximum Gasteiger partial charge on any atom is 0.271 e. The summed E-state index contributed by atoms with van der Waals surface area (Å²) in [6.07, 6.45) is 11.0. The fraction of sp³-hybridized carbons (Fsp3) is 0.474. The molecular formula is C19H23N5O. The Balaban J connectivity index is 1.32. The molecule has 1 N–H and O–H groups in total. The molecule has 2 aromatic rings. The van der Waals surface area contributed by atoms with E-state index in [4.69, 9.17) is 0 Å². The maximum atomic E-state index is 12.3. The lowest BCUT2D eigenvalue weighted by Crippen LogP contribution is -2.59. The first kappa shape index (κ1) is 16.1. The van der Waals surface area contributed by atoms with Crippen LogP contribution in [0.25, 0.3) is 0 Å². The minimum atomic E-state index is -0.104. The van der Waals surface area contributed by atoms with Gasteiger partial charge >= 0.3 is 0 Å². The quantitative estimate of drug-likeness (QED) is 0.924. The van der Waals surface area contributed by atoms with Crippen molar-refractivity contribution in [1.82, 2.24) is 25.2 Å². The Labute approximate surface area is 147 Å². The molecule has 1 saturated heterocycles. The van der Waals surface area contributed by atoms with Gasteiger partial charge in [0, 0.05) is 31.2 Å². The van der Waals surface area contributed by atoms with Crippen LogP contribution in [0.2, 0.25) is 0 Å². The molecule has 6 heteroatoms. The molecule has 130 valence electrons. The van der Waals surface area contributed by atoms with Crippen LogP contribution in [0.5, 0.6) is 0 Å². The van der Waals surface area contributed by atoms with Gasteiger partial charge in [0.2, 0.25) is 0 Å². The minimum absolute atomic E-state index is 0.104. The Hall–Kier alpha value is -2.34. The second-order valence-electron chi connectivity index (χ2n) is 7.11. The fourth-order valence-electron chi connectivity index (χ4n) is 4.05. The van der Waals surface area contributed by atoms with Gasteiger partial charge < -0.3 is 5.32 Å². The van der Waals surface area contributed by atoms with Gasteiger partial charge in [0.1, 0.15) is 5.69 Å². The molecule has 1 amide bonds. The van der Waals surface area contributed by atoms with Crippen molar-refractivity contribution in [3.8, 4) is 0 Å². The lowest BCUT2D eigenvalue weighted by molar-refractivity contribution is -0.00746. The van der Waals surface area contributed by atoms with Crippen molar-refractivity contribution < 1.29 is 4.79 Å². The standard InChI is InChI=1S/C19H23N5O/c25-18(16-13-20-9-10-22-16)23-17-4-5-19(17)6-11-24(12-7-19)14-15-3-1-2-8-21-15/h1-3,8-10,13,17H,4-7,11-12,14H2,(H,23,25). The Bertz CT molecular complexity index is 713. The van der Waals surface area contributed by atoms with Crippen molar-refractivity contribution in [2.75, 3.05) is 13.1 Å². The molecule has 2 aliphatic rings. The molecule has 0 aromatic carbocycles. The average molecular weight is 337 g/mol. The summed E-state index contributed by atoms with van der Waals surface area (Å²) in [4.78, 5) is 27.3. The first-order valence-electron chi connectivity index (χ1n) is 8.94. The lowest BCUT2D eigenvalue weighted by atomic mass is 9.59. The largest absolute Gasteiger partial charge is 0.347 e. The monoisotopic (exact) mass is 337 g/mol. The fourth-order valence-corrected chi connectivity index (χ4v) is 4.05. The average Bonchev–Trinajstić information content (AvgIpc) is 2.67. The molecule has 3 heterocycles. The number of hydrogen-bond donors (Lipinski definition) is 1. The zero-order valence-corrected chi connectivity index (χ0v) is 14.3. The molecule has 1 aliphatic heterocycles. The molecule has 25 heavy (non-hydrogen) atoms. The summed E-state index contributed by atoms with van der Waals surface area (Å²) < 4.78 is 0. The van der Waals surface area contributed by atoms with Crippen LogP contribution >= 0.6 is 0 Å². The molecule has 1 aliphatic carbocycles. The lowest BCUT2D eigenvalue weighted by Gasteiger charge is -2.54. The van der Waals surface area contributed by atoms with Crippen LogP contribution in [0, 0.1) is 5.41 Å². The van der Waals surface area contributed by atoms with E-state index in [1.54, 1.807) is 12.4 Å². The first-order chi connectivity index (χ1) is 12.3. The third-order valence-corrected chi connectivity index (χ3v) is 5.73. The van der Waals surface area contributed by atoms with E-state index in [2.05, 4.69) is 31.2 Å². The number of carbonyl (C=O) groups excluding carboxylic acids is 1. The van der Waals surface area contributed by atoms with Crippen LogP contribution in [-0.4, -0.2) is 44.9 Å². The van der Waals surface area contributed by atoms with E-state index in [1.807, 2.05) is 18.3 Å². The Morgan fingerprint density at radius 2 is 2.04 bits per heavy atom. The molecule has 6 nitrogen and oxygen atoms in total. The van der Waals surface area contributed by atoms with E-state index in [9.17, 15) is 4.79 Å². The van der Waals surface area contributed by atoms with E-state index in [-0.39, 0.29) is 17.4 Å². The van der Waals surface area contributed by atoms with Crippen LogP contribution in [0.15, 0.2) is 43.0 Å². The van der Waals surface area contributed by atoms with Gasteiger partial charge in [-0.3, -0.25) is 19.7 Å². The predicted octanol–water partition coefficient (Wildman–Crippen LogP) is 2.05. The number of aromatic nitrogens is 3. The summed E-state index contributed by atoms with van der Waals surface area (Å²) in [7, 11) is 0. The van der Waals surface area contributed by atoms with Crippen LogP contribution in [0.1, 0.15) is 41.9 Å².